The van der Waals surface area contributed by atoms with Crippen LogP contribution in [-0.4, -0.2) is 13.3 Å². The summed E-state index contributed by atoms with van der Waals surface area (Å²) in [6.07, 6.45) is 0. The van der Waals surface area contributed by atoms with Crippen LogP contribution in [0.25, 0.3) is 10.3 Å². The summed E-state index contributed by atoms with van der Waals surface area (Å²) >= 11 is 6.71. The van der Waals surface area contributed by atoms with Crippen molar-refractivity contribution in [3.63, 3.8) is 0 Å². The van der Waals surface area contributed by atoms with Gasteiger partial charge in [-0.2, -0.15) is 8.42 Å². The molecule has 0 aliphatic heterocycles. The Morgan fingerprint density at radius 1 is 1.21 bits per heavy atom. The van der Waals surface area contributed by atoms with Crippen LogP contribution in [0.3, 0.4) is 0 Å². The largest absolute Gasteiger partial charge is 0.414 e. The molecule has 0 bridgehead atoms. The molecular formula is C13H6ClNO7S2. The van der Waals surface area contributed by atoms with Gasteiger partial charge in [-0.3, -0.25) is 10.1 Å². The molecule has 124 valence electrons. The fraction of sp³-hybridized carbons (Fsp3) is 0. The van der Waals surface area contributed by atoms with Gasteiger partial charge in [0.2, 0.25) is 0 Å². The van der Waals surface area contributed by atoms with E-state index in [1.165, 1.54) is 12.1 Å². The molecule has 11 heteroatoms. The molecule has 3 rings (SSSR count). The molecule has 0 aliphatic carbocycles. The van der Waals surface area contributed by atoms with Crippen molar-refractivity contribution in [2.45, 2.75) is 4.90 Å². The summed E-state index contributed by atoms with van der Waals surface area (Å²) in [5, 5.41) is 10.5. The molecular weight excluding hydrogens is 382 g/mol. The van der Waals surface area contributed by atoms with Crippen LogP contribution >= 0.6 is 22.9 Å². The number of nitro groups is 1. The van der Waals surface area contributed by atoms with Gasteiger partial charge in [-0.1, -0.05) is 22.9 Å². The summed E-state index contributed by atoms with van der Waals surface area (Å²) in [5.74, 6) is -0.181. The first-order chi connectivity index (χ1) is 11.3. The third-order valence-corrected chi connectivity index (χ3v) is 5.25. The van der Waals surface area contributed by atoms with Crippen LogP contribution in [-0.2, 0) is 10.1 Å². The Kier molecular flexibility index (Phi) is 4.03. The molecule has 0 atom stereocenters. The van der Waals surface area contributed by atoms with Crippen molar-refractivity contribution in [3.8, 4) is 5.75 Å². The summed E-state index contributed by atoms with van der Waals surface area (Å²) in [4.78, 5) is 20.3. The van der Waals surface area contributed by atoms with Gasteiger partial charge in [0.25, 0.3) is 5.69 Å². The number of benzene rings is 2. The minimum absolute atomic E-state index is 0.0606. The molecule has 0 aliphatic rings. The molecule has 2 aromatic carbocycles. The fourth-order valence-electron chi connectivity index (χ4n) is 1.84. The lowest BCUT2D eigenvalue weighted by atomic mass is 10.3. The van der Waals surface area contributed by atoms with Gasteiger partial charge in [0.15, 0.2) is 11.3 Å². The van der Waals surface area contributed by atoms with Gasteiger partial charge in [0, 0.05) is 24.3 Å². The molecule has 3 aromatic rings. The molecule has 0 amide bonds. The zero-order valence-corrected chi connectivity index (χ0v) is 13.9. The Hall–Kier alpha value is -2.43. The molecule has 1 heterocycles. The minimum Gasteiger partial charge on any atom is -0.414 e. The zero-order chi connectivity index (χ0) is 17.5. The van der Waals surface area contributed by atoms with Crippen LogP contribution in [0.4, 0.5) is 5.69 Å². The van der Waals surface area contributed by atoms with Crippen molar-refractivity contribution >= 4 is 49.0 Å². The van der Waals surface area contributed by atoms with Crippen molar-refractivity contribution in [2.75, 3.05) is 0 Å². The molecule has 0 unspecified atom stereocenters. The molecule has 1 aromatic heterocycles. The second-order valence-corrected chi connectivity index (χ2v) is 7.40. The SMILES string of the molecule is O=c1oc2cc(Cl)c(OS(=O)(=O)c3ccc([N+](=O)[O-])cc3)cc2s1. The molecule has 0 saturated carbocycles. The van der Waals surface area contributed by atoms with Gasteiger partial charge < -0.3 is 8.60 Å². The van der Waals surface area contributed by atoms with Gasteiger partial charge in [-0.15, -0.1) is 0 Å². The van der Waals surface area contributed by atoms with Crippen LogP contribution in [0.1, 0.15) is 0 Å². The van der Waals surface area contributed by atoms with Crippen LogP contribution in [0, 0.1) is 10.1 Å². The van der Waals surface area contributed by atoms with Crippen LogP contribution in [0.2, 0.25) is 5.02 Å². The van der Waals surface area contributed by atoms with E-state index in [2.05, 4.69) is 0 Å². The lowest BCUT2D eigenvalue weighted by Gasteiger charge is -2.08. The maximum absolute atomic E-state index is 12.2. The Bertz CT molecular complexity index is 1100. The van der Waals surface area contributed by atoms with Crippen LogP contribution < -0.4 is 9.12 Å². The van der Waals surface area contributed by atoms with Gasteiger partial charge in [-0.25, -0.2) is 4.79 Å². The lowest BCUT2D eigenvalue weighted by Crippen LogP contribution is -2.10. The normalized spacial score (nSPS) is 11.5. The topological polar surface area (TPSA) is 117 Å². The van der Waals surface area contributed by atoms with Crippen molar-refractivity contribution in [1.82, 2.24) is 0 Å². The molecule has 0 saturated heterocycles. The first-order valence-corrected chi connectivity index (χ1v) is 8.79. The van der Waals surface area contributed by atoms with Crippen LogP contribution in [0.5, 0.6) is 5.75 Å². The minimum atomic E-state index is -4.25. The third kappa shape index (κ3) is 3.11. The third-order valence-electron chi connectivity index (χ3n) is 2.92. The van der Waals surface area contributed by atoms with E-state index >= 15 is 0 Å². The summed E-state index contributed by atoms with van der Waals surface area (Å²) in [6.45, 7) is 0. The Morgan fingerprint density at radius 3 is 2.50 bits per heavy atom. The number of hydrogen-bond donors (Lipinski definition) is 0. The van der Waals surface area contributed by atoms with E-state index in [1.807, 2.05) is 0 Å². The smallest absolute Gasteiger partial charge is 0.396 e. The highest BCUT2D eigenvalue weighted by Gasteiger charge is 2.21. The van der Waals surface area contributed by atoms with Gasteiger partial charge >= 0.3 is 15.1 Å². The second-order valence-electron chi connectivity index (χ2n) is 4.47. The number of halogens is 1. The maximum atomic E-state index is 12.2. The van der Waals surface area contributed by atoms with E-state index < -0.39 is 20.0 Å². The summed E-state index contributed by atoms with van der Waals surface area (Å²) in [6, 6.07) is 6.74. The van der Waals surface area contributed by atoms with E-state index in [0.717, 1.165) is 35.6 Å². The number of nitro benzene ring substituents is 1. The molecule has 8 nitrogen and oxygen atoms in total. The number of non-ortho nitro benzene ring substituents is 1. The molecule has 24 heavy (non-hydrogen) atoms. The molecule has 0 N–H and O–H groups in total. The molecule has 0 radical (unpaired) electrons. The predicted molar refractivity (Wildman–Crippen MR) is 86.3 cm³/mol. The van der Waals surface area contributed by atoms with Crippen molar-refractivity contribution < 1.29 is 21.9 Å². The molecule has 0 spiro atoms. The average molecular weight is 388 g/mol. The summed E-state index contributed by atoms with van der Waals surface area (Å²) in [5.41, 5.74) is -0.0355. The monoisotopic (exact) mass is 387 g/mol. The fourth-order valence-corrected chi connectivity index (χ4v) is 3.70. The van der Waals surface area contributed by atoms with E-state index in [0.29, 0.717) is 4.70 Å². The standard InChI is InChI=1S/C13H6ClNO7S2/c14-9-5-11-12(23-13(16)21-11)6-10(9)22-24(19,20)8-3-1-7(2-4-8)15(17)18/h1-6H. The van der Waals surface area contributed by atoms with Gasteiger partial charge in [0.1, 0.15) is 4.90 Å². The summed E-state index contributed by atoms with van der Waals surface area (Å²) < 4.78 is 34.7. The summed E-state index contributed by atoms with van der Waals surface area (Å²) in [7, 11) is -4.25. The lowest BCUT2D eigenvalue weighted by molar-refractivity contribution is -0.384. The first kappa shape index (κ1) is 16.4. The van der Waals surface area contributed by atoms with E-state index in [4.69, 9.17) is 20.2 Å². The van der Waals surface area contributed by atoms with Crippen LogP contribution in [0.15, 0.2) is 50.5 Å². The van der Waals surface area contributed by atoms with Crippen molar-refractivity contribution in [1.29, 1.82) is 0 Å². The molecule has 0 fully saturated rings. The number of nitrogens with zero attached hydrogens (tertiary/aromatic N) is 1. The maximum Gasteiger partial charge on any atom is 0.396 e. The number of hydrogen-bond acceptors (Lipinski definition) is 8. The van der Waals surface area contributed by atoms with Crippen molar-refractivity contribution in [2.24, 2.45) is 0 Å². The number of rotatable bonds is 4. The van der Waals surface area contributed by atoms with Gasteiger partial charge in [0.05, 0.1) is 14.6 Å². The van der Waals surface area contributed by atoms with E-state index in [-0.39, 0.29) is 26.9 Å². The quantitative estimate of drug-likeness (QED) is 0.383. The highest BCUT2D eigenvalue weighted by molar-refractivity contribution is 7.87. The Labute approximate surface area is 143 Å². The average Bonchev–Trinajstić information content (AvgIpc) is 2.86. The predicted octanol–water partition coefficient (Wildman–Crippen LogP) is 3.18. The number of fused-ring (bicyclic) bond motifs is 1. The van der Waals surface area contributed by atoms with E-state index in [9.17, 15) is 23.3 Å². The highest BCUT2D eigenvalue weighted by Crippen LogP contribution is 2.33. The Balaban J connectivity index is 1.98. The highest BCUT2D eigenvalue weighted by atomic mass is 35.5. The van der Waals surface area contributed by atoms with E-state index in [1.54, 1.807) is 0 Å². The van der Waals surface area contributed by atoms with Gasteiger partial charge in [-0.05, 0) is 12.1 Å². The van der Waals surface area contributed by atoms with Crippen molar-refractivity contribution in [3.05, 3.63) is 61.3 Å². The second kappa shape index (κ2) is 5.89. The zero-order valence-electron chi connectivity index (χ0n) is 11.5. The Morgan fingerprint density at radius 2 is 1.88 bits per heavy atom. The first-order valence-electron chi connectivity index (χ1n) is 6.18.